The SMILES string of the molecule is CN(C)CCNc1ccc(-c2cn(S(=O)(=O)c3ccccc3)c3cc(F)ccc23)cn1. The average molecular weight is 439 g/mol. The van der Waals surface area contributed by atoms with Crippen molar-refractivity contribution < 1.29 is 12.8 Å². The van der Waals surface area contributed by atoms with E-state index in [1.54, 1.807) is 30.5 Å². The zero-order chi connectivity index (χ0) is 22.0. The van der Waals surface area contributed by atoms with E-state index in [4.69, 9.17) is 0 Å². The Morgan fingerprint density at radius 1 is 1.06 bits per heavy atom. The van der Waals surface area contributed by atoms with Crippen LogP contribution < -0.4 is 5.32 Å². The van der Waals surface area contributed by atoms with E-state index in [-0.39, 0.29) is 10.4 Å². The van der Waals surface area contributed by atoms with Crippen molar-refractivity contribution in [3.8, 4) is 11.1 Å². The van der Waals surface area contributed by atoms with Gasteiger partial charge in [-0.2, -0.15) is 0 Å². The molecular weight excluding hydrogens is 415 g/mol. The second kappa shape index (κ2) is 8.49. The molecule has 1 N–H and O–H groups in total. The third kappa shape index (κ3) is 4.30. The Hall–Kier alpha value is -3.23. The number of halogens is 1. The molecule has 0 bridgehead atoms. The van der Waals surface area contributed by atoms with Crippen molar-refractivity contribution in [2.75, 3.05) is 32.5 Å². The average Bonchev–Trinajstić information content (AvgIpc) is 3.14. The van der Waals surface area contributed by atoms with Gasteiger partial charge in [-0.05, 0) is 56.6 Å². The summed E-state index contributed by atoms with van der Waals surface area (Å²) >= 11 is 0. The van der Waals surface area contributed by atoms with Crippen LogP contribution in [0.25, 0.3) is 22.0 Å². The number of benzene rings is 2. The molecule has 4 rings (SSSR count). The van der Waals surface area contributed by atoms with Crippen molar-refractivity contribution >= 4 is 26.7 Å². The maximum absolute atomic E-state index is 14.0. The molecule has 4 aromatic rings. The summed E-state index contributed by atoms with van der Waals surface area (Å²) in [6, 6.07) is 16.0. The molecular formula is C23H23FN4O2S. The lowest BCUT2D eigenvalue weighted by Crippen LogP contribution is -2.21. The van der Waals surface area contributed by atoms with E-state index in [9.17, 15) is 12.8 Å². The molecule has 0 atom stereocenters. The largest absolute Gasteiger partial charge is 0.369 e. The molecule has 0 unspecified atom stereocenters. The maximum Gasteiger partial charge on any atom is 0.268 e. The zero-order valence-corrected chi connectivity index (χ0v) is 18.1. The van der Waals surface area contributed by atoms with E-state index >= 15 is 0 Å². The Morgan fingerprint density at radius 2 is 1.84 bits per heavy atom. The number of nitrogens with zero attached hydrogens (tertiary/aromatic N) is 3. The van der Waals surface area contributed by atoms with Gasteiger partial charge in [-0.25, -0.2) is 21.8 Å². The fourth-order valence-electron chi connectivity index (χ4n) is 3.37. The number of nitrogens with one attached hydrogen (secondary N) is 1. The van der Waals surface area contributed by atoms with Crippen LogP contribution in [0.2, 0.25) is 0 Å². The highest BCUT2D eigenvalue weighted by Crippen LogP contribution is 2.33. The van der Waals surface area contributed by atoms with Gasteiger partial charge in [0.15, 0.2) is 0 Å². The number of rotatable bonds is 7. The topological polar surface area (TPSA) is 67.2 Å². The van der Waals surface area contributed by atoms with Gasteiger partial charge in [-0.1, -0.05) is 18.2 Å². The van der Waals surface area contributed by atoms with Crippen LogP contribution in [0.5, 0.6) is 0 Å². The van der Waals surface area contributed by atoms with Crippen molar-refractivity contribution in [1.82, 2.24) is 13.9 Å². The monoisotopic (exact) mass is 438 g/mol. The highest BCUT2D eigenvalue weighted by Gasteiger charge is 2.22. The van der Waals surface area contributed by atoms with Gasteiger partial charge in [0.2, 0.25) is 0 Å². The molecule has 160 valence electrons. The van der Waals surface area contributed by atoms with E-state index in [2.05, 4.69) is 15.2 Å². The third-order valence-electron chi connectivity index (χ3n) is 4.97. The zero-order valence-electron chi connectivity index (χ0n) is 17.3. The summed E-state index contributed by atoms with van der Waals surface area (Å²) in [5.74, 6) is 0.234. The number of hydrogen-bond donors (Lipinski definition) is 1. The Labute approximate surface area is 181 Å². The molecule has 0 amide bonds. The first-order valence-corrected chi connectivity index (χ1v) is 11.3. The normalized spacial score (nSPS) is 11.9. The minimum Gasteiger partial charge on any atom is -0.369 e. The fourth-order valence-corrected chi connectivity index (χ4v) is 4.75. The number of pyridine rings is 1. The molecule has 2 heterocycles. The van der Waals surface area contributed by atoms with Crippen molar-refractivity contribution in [2.24, 2.45) is 0 Å². The van der Waals surface area contributed by atoms with Crippen LogP contribution in [-0.2, 0) is 10.0 Å². The number of hydrogen-bond acceptors (Lipinski definition) is 5. The van der Waals surface area contributed by atoms with Crippen LogP contribution in [0, 0.1) is 5.82 Å². The Morgan fingerprint density at radius 3 is 2.52 bits per heavy atom. The Bertz CT molecular complexity index is 1300. The molecule has 0 aliphatic carbocycles. The first kappa shape index (κ1) is 21.0. The summed E-state index contributed by atoms with van der Waals surface area (Å²) in [6.07, 6.45) is 3.22. The van der Waals surface area contributed by atoms with Crippen molar-refractivity contribution in [3.05, 3.63) is 78.9 Å². The van der Waals surface area contributed by atoms with Gasteiger partial charge in [0.05, 0.1) is 10.4 Å². The van der Waals surface area contributed by atoms with E-state index in [0.29, 0.717) is 10.9 Å². The molecule has 0 fully saturated rings. The lowest BCUT2D eigenvalue weighted by molar-refractivity contribution is 0.425. The van der Waals surface area contributed by atoms with Crippen molar-refractivity contribution in [3.63, 3.8) is 0 Å². The van der Waals surface area contributed by atoms with Gasteiger partial charge in [0, 0.05) is 42.0 Å². The lowest BCUT2D eigenvalue weighted by Gasteiger charge is -2.11. The second-order valence-electron chi connectivity index (χ2n) is 7.48. The summed E-state index contributed by atoms with van der Waals surface area (Å²) in [4.78, 5) is 6.66. The van der Waals surface area contributed by atoms with Crippen LogP contribution in [0.3, 0.4) is 0 Å². The summed E-state index contributed by atoms with van der Waals surface area (Å²) in [7, 11) is 0.115. The van der Waals surface area contributed by atoms with Crippen molar-refractivity contribution in [1.29, 1.82) is 0 Å². The molecule has 2 aromatic heterocycles. The number of likely N-dealkylation sites (N-methyl/N-ethyl adjacent to an activating group) is 1. The molecule has 31 heavy (non-hydrogen) atoms. The molecule has 0 aliphatic rings. The van der Waals surface area contributed by atoms with Gasteiger partial charge in [-0.15, -0.1) is 0 Å². The summed E-state index contributed by atoms with van der Waals surface area (Å²) in [6.45, 7) is 1.63. The molecule has 0 saturated heterocycles. The molecule has 6 nitrogen and oxygen atoms in total. The van der Waals surface area contributed by atoms with Gasteiger partial charge < -0.3 is 10.2 Å². The molecule has 0 spiro atoms. The predicted octanol–water partition coefficient (Wildman–Crippen LogP) is 4.05. The predicted molar refractivity (Wildman–Crippen MR) is 121 cm³/mol. The standard InChI is InChI=1S/C23H23FN4O2S/c1-27(2)13-12-25-23-11-8-17(15-26-23)21-16-28(22-14-18(24)9-10-20(21)22)31(29,30)19-6-4-3-5-7-19/h3-11,14-16H,12-13H2,1-2H3,(H,25,26). The number of fused-ring (bicyclic) bond motifs is 1. The fraction of sp³-hybridized carbons (Fsp3) is 0.174. The van der Waals surface area contributed by atoms with Crippen LogP contribution in [0.15, 0.2) is 78.0 Å². The van der Waals surface area contributed by atoms with Crippen molar-refractivity contribution in [2.45, 2.75) is 4.90 Å². The molecule has 0 saturated carbocycles. The maximum atomic E-state index is 14.0. The molecule has 8 heteroatoms. The van der Waals surface area contributed by atoms with E-state index in [1.807, 2.05) is 26.2 Å². The highest BCUT2D eigenvalue weighted by atomic mass is 32.2. The summed E-state index contributed by atoms with van der Waals surface area (Å²) in [5.41, 5.74) is 1.70. The lowest BCUT2D eigenvalue weighted by atomic mass is 10.1. The van der Waals surface area contributed by atoms with Crippen LogP contribution >= 0.6 is 0 Å². The van der Waals surface area contributed by atoms with Crippen LogP contribution in [-0.4, -0.2) is 49.5 Å². The quantitative estimate of drug-likeness (QED) is 0.472. The van der Waals surface area contributed by atoms with E-state index in [0.717, 1.165) is 28.4 Å². The summed E-state index contributed by atoms with van der Waals surface area (Å²) < 4.78 is 41.6. The minimum absolute atomic E-state index is 0.140. The van der Waals surface area contributed by atoms with E-state index < -0.39 is 15.8 Å². The Balaban J connectivity index is 1.76. The highest BCUT2D eigenvalue weighted by molar-refractivity contribution is 7.90. The van der Waals surface area contributed by atoms with E-state index in [1.165, 1.54) is 30.5 Å². The molecule has 2 aromatic carbocycles. The minimum atomic E-state index is -3.89. The first-order chi connectivity index (χ1) is 14.9. The molecule has 0 radical (unpaired) electrons. The van der Waals surface area contributed by atoms with Crippen LogP contribution in [0.1, 0.15) is 0 Å². The van der Waals surface area contributed by atoms with Gasteiger partial charge >= 0.3 is 0 Å². The van der Waals surface area contributed by atoms with Gasteiger partial charge in [0.25, 0.3) is 10.0 Å². The number of aromatic nitrogens is 2. The smallest absolute Gasteiger partial charge is 0.268 e. The third-order valence-corrected chi connectivity index (χ3v) is 6.66. The Kier molecular flexibility index (Phi) is 5.75. The van der Waals surface area contributed by atoms with Gasteiger partial charge in [-0.3, -0.25) is 0 Å². The first-order valence-electron chi connectivity index (χ1n) is 9.82. The number of anilines is 1. The van der Waals surface area contributed by atoms with Crippen LogP contribution in [0.4, 0.5) is 10.2 Å². The van der Waals surface area contributed by atoms with Gasteiger partial charge in [0.1, 0.15) is 11.6 Å². The second-order valence-corrected chi connectivity index (χ2v) is 9.30. The molecule has 0 aliphatic heterocycles. The summed E-state index contributed by atoms with van der Waals surface area (Å²) in [5, 5.41) is 3.88.